The van der Waals surface area contributed by atoms with Gasteiger partial charge in [-0.1, -0.05) is 0 Å². The molecule has 8 heteroatoms. The number of carbonyl (C=O) groups is 2. The molecule has 7 nitrogen and oxygen atoms in total. The molecule has 0 spiro atoms. The third-order valence-electron chi connectivity index (χ3n) is 3.49. The topological polar surface area (TPSA) is 92.6 Å². The lowest BCUT2D eigenvalue weighted by atomic mass is 10.2. The summed E-state index contributed by atoms with van der Waals surface area (Å²) in [5.74, 6) is -0.399. The first-order valence-electron chi connectivity index (χ1n) is 6.99. The second-order valence-electron chi connectivity index (χ2n) is 5.02. The molecule has 1 aromatic carbocycles. The summed E-state index contributed by atoms with van der Waals surface area (Å²) < 4.78 is 0.318. The zero-order chi connectivity index (χ0) is 16.1. The summed E-state index contributed by atoms with van der Waals surface area (Å²) in [7, 11) is 0. The number of amides is 2. The number of hydrogen-bond acceptors (Lipinski definition) is 4. The van der Waals surface area contributed by atoms with E-state index in [2.05, 4.69) is 21.2 Å². The van der Waals surface area contributed by atoms with E-state index in [4.69, 9.17) is 0 Å². The number of nitrogens with one attached hydrogen (secondary N) is 1. The first-order valence-corrected chi connectivity index (χ1v) is 7.78. The van der Waals surface area contributed by atoms with Crippen LogP contribution in [0, 0.1) is 10.1 Å². The minimum Gasteiger partial charge on any atom is -0.352 e. The van der Waals surface area contributed by atoms with Crippen LogP contribution in [-0.2, 0) is 4.79 Å². The Morgan fingerprint density at radius 1 is 1.32 bits per heavy atom. The van der Waals surface area contributed by atoms with Crippen molar-refractivity contribution in [1.82, 2.24) is 10.2 Å². The van der Waals surface area contributed by atoms with E-state index in [9.17, 15) is 19.7 Å². The van der Waals surface area contributed by atoms with Crippen molar-refractivity contribution < 1.29 is 14.5 Å². The normalized spacial score (nSPS) is 14.0. The van der Waals surface area contributed by atoms with Gasteiger partial charge in [0.1, 0.15) is 0 Å². The van der Waals surface area contributed by atoms with E-state index in [1.807, 2.05) is 0 Å². The number of hydrogen-bond donors (Lipinski definition) is 1. The second kappa shape index (κ2) is 7.35. The zero-order valence-electron chi connectivity index (χ0n) is 11.9. The van der Waals surface area contributed by atoms with Crippen molar-refractivity contribution in [2.45, 2.75) is 19.3 Å². The molecule has 2 amide bonds. The smallest absolute Gasteiger partial charge is 0.284 e. The van der Waals surface area contributed by atoms with Crippen molar-refractivity contribution in [3.05, 3.63) is 38.3 Å². The van der Waals surface area contributed by atoms with Gasteiger partial charge in [-0.2, -0.15) is 0 Å². The monoisotopic (exact) mass is 369 g/mol. The maximum atomic E-state index is 12.0. The lowest BCUT2D eigenvalue weighted by Gasteiger charge is -2.15. The van der Waals surface area contributed by atoms with E-state index < -0.39 is 10.8 Å². The molecule has 0 aromatic heterocycles. The van der Waals surface area contributed by atoms with Crippen LogP contribution in [-0.4, -0.2) is 41.3 Å². The lowest BCUT2D eigenvalue weighted by molar-refractivity contribution is -0.385. The first-order chi connectivity index (χ1) is 10.5. The molecule has 1 saturated heterocycles. The number of halogens is 1. The third kappa shape index (κ3) is 4.03. The van der Waals surface area contributed by atoms with Crippen LogP contribution in [0.3, 0.4) is 0 Å². The molecule has 0 radical (unpaired) electrons. The van der Waals surface area contributed by atoms with Crippen molar-refractivity contribution in [2.24, 2.45) is 0 Å². The van der Waals surface area contributed by atoms with Crippen LogP contribution in [0.5, 0.6) is 0 Å². The average molecular weight is 370 g/mol. The Labute approximate surface area is 135 Å². The van der Waals surface area contributed by atoms with Crippen molar-refractivity contribution in [2.75, 3.05) is 19.6 Å². The van der Waals surface area contributed by atoms with Gasteiger partial charge < -0.3 is 10.2 Å². The number of rotatable bonds is 5. The molecule has 0 saturated carbocycles. The molecule has 1 heterocycles. The molecule has 0 atom stereocenters. The summed E-state index contributed by atoms with van der Waals surface area (Å²) in [4.78, 5) is 35.9. The standard InChI is InChI=1S/C14H16BrN3O4/c15-11-4-3-10(9-12(11)18(21)22)14(20)16-6-5-13(19)17-7-1-2-8-17/h3-4,9H,1-2,5-8H2,(H,16,20). The summed E-state index contributed by atoms with van der Waals surface area (Å²) in [6.45, 7) is 1.79. The zero-order valence-corrected chi connectivity index (χ0v) is 13.5. The van der Waals surface area contributed by atoms with Crippen LogP contribution >= 0.6 is 15.9 Å². The number of benzene rings is 1. The Kier molecular flexibility index (Phi) is 5.48. The summed E-state index contributed by atoms with van der Waals surface area (Å²) in [5, 5.41) is 13.5. The first kappa shape index (κ1) is 16.4. The molecule has 0 aliphatic carbocycles. The largest absolute Gasteiger partial charge is 0.352 e. The molecule has 1 fully saturated rings. The van der Waals surface area contributed by atoms with Gasteiger partial charge in [0.05, 0.1) is 9.40 Å². The van der Waals surface area contributed by atoms with Crippen molar-refractivity contribution in [3.63, 3.8) is 0 Å². The Morgan fingerprint density at radius 2 is 2.00 bits per heavy atom. The summed E-state index contributed by atoms with van der Waals surface area (Å²) >= 11 is 3.07. The van der Waals surface area contributed by atoms with Gasteiger partial charge in [0.25, 0.3) is 11.6 Å². The SMILES string of the molecule is O=C(NCCC(=O)N1CCCC1)c1ccc(Br)c([N+](=O)[O-])c1. The fourth-order valence-corrected chi connectivity index (χ4v) is 2.69. The van der Waals surface area contributed by atoms with Gasteiger partial charge in [-0.25, -0.2) is 0 Å². The molecule has 0 bridgehead atoms. The van der Waals surface area contributed by atoms with Crippen molar-refractivity contribution in [3.8, 4) is 0 Å². The van der Waals surface area contributed by atoms with E-state index >= 15 is 0 Å². The maximum Gasteiger partial charge on any atom is 0.284 e. The maximum absolute atomic E-state index is 12.0. The van der Waals surface area contributed by atoms with E-state index in [0.29, 0.717) is 4.47 Å². The predicted molar refractivity (Wildman–Crippen MR) is 83.6 cm³/mol. The van der Waals surface area contributed by atoms with Crippen LogP contribution < -0.4 is 5.32 Å². The highest BCUT2D eigenvalue weighted by molar-refractivity contribution is 9.10. The molecule has 1 aromatic rings. The molecule has 0 unspecified atom stereocenters. The molecule has 118 valence electrons. The van der Waals surface area contributed by atoms with Gasteiger partial charge in [0.2, 0.25) is 5.91 Å². The van der Waals surface area contributed by atoms with Crippen LogP contribution in [0.1, 0.15) is 29.6 Å². The minimum atomic E-state index is -0.558. The number of nitro benzene ring substituents is 1. The molecular formula is C14H16BrN3O4. The highest BCUT2D eigenvalue weighted by Crippen LogP contribution is 2.25. The van der Waals surface area contributed by atoms with Crippen LogP contribution in [0.2, 0.25) is 0 Å². The fraction of sp³-hybridized carbons (Fsp3) is 0.429. The fourth-order valence-electron chi connectivity index (χ4n) is 2.30. The van der Waals surface area contributed by atoms with Crippen LogP contribution in [0.15, 0.2) is 22.7 Å². The Bertz CT molecular complexity index is 600. The Morgan fingerprint density at radius 3 is 2.64 bits per heavy atom. The summed E-state index contributed by atoms with van der Waals surface area (Å²) in [5.41, 5.74) is 0.0318. The quantitative estimate of drug-likeness (QED) is 0.635. The average Bonchev–Trinajstić information content (AvgIpc) is 3.01. The van der Waals surface area contributed by atoms with E-state index in [0.717, 1.165) is 25.9 Å². The highest BCUT2D eigenvalue weighted by atomic mass is 79.9. The Balaban J connectivity index is 1.88. The number of likely N-dealkylation sites (tertiary alicyclic amines) is 1. The summed E-state index contributed by atoms with van der Waals surface area (Å²) in [6.07, 6.45) is 2.30. The van der Waals surface area contributed by atoms with Gasteiger partial charge in [-0.15, -0.1) is 0 Å². The predicted octanol–water partition coefficient (Wildman–Crippen LogP) is 2.10. The van der Waals surface area contributed by atoms with Gasteiger partial charge in [-0.3, -0.25) is 19.7 Å². The van der Waals surface area contributed by atoms with Crippen LogP contribution in [0.4, 0.5) is 5.69 Å². The van der Waals surface area contributed by atoms with Gasteiger partial charge in [0.15, 0.2) is 0 Å². The molecule has 1 aliphatic rings. The number of nitrogens with zero attached hydrogens (tertiary/aromatic N) is 2. The van der Waals surface area contributed by atoms with E-state index in [1.165, 1.54) is 18.2 Å². The number of carbonyl (C=O) groups excluding carboxylic acids is 2. The van der Waals surface area contributed by atoms with E-state index in [1.54, 1.807) is 4.90 Å². The molecule has 1 N–H and O–H groups in total. The van der Waals surface area contributed by atoms with Crippen LogP contribution in [0.25, 0.3) is 0 Å². The second-order valence-corrected chi connectivity index (χ2v) is 5.87. The summed E-state index contributed by atoms with van der Waals surface area (Å²) in [6, 6.07) is 4.17. The van der Waals surface area contributed by atoms with Gasteiger partial charge in [0, 0.05) is 37.7 Å². The van der Waals surface area contributed by atoms with E-state index in [-0.39, 0.29) is 30.1 Å². The molecule has 1 aliphatic heterocycles. The lowest BCUT2D eigenvalue weighted by Crippen LogP contribution is -2.32. The Hall–Kier alpha value is -1.96. The third-order valence-corrected chi connectivity index (χ3v) is 4.16. The molecular weight excluding hydrogens is 354 g/mol. The van der Waals surface area contributed by atoms with Crippen molar-refractivity contribution in [1.29, 1.82) is 0 Å². The van der Waals surface area contributed by atoms with Gasteiger partial charge >= 0.3 is 0 Å². The molecule has 2 rings (SSSR count). The molecule has 22 heavy (non-hydrogen) atoms. The number of nitro groups is 1. The van der Waals surface area contributed by atoms with Crippen molar-refractivity contribution >= 4 is 33.4 Å². The van der Waals surface area contributed by atoms with Gasteiger partial charge in [-0.05, 0) is 40.9 Å². The highest BCUT2D eigenvalue weighted by Gasteiger charge is 2.18. The minimum absolute atomic E-state index is 0.0274.